The van der Waals surface area contributed by atoms with Crippen molar-refractivity contribution >= 4 is 17.6 Å². The van der Waals surface area contributed by atoms with E-state index in [1.807, 2.05) is 35.9 Å². The van der Waals surface area contributed by atoms with E-state index in [0.717, 1.165) is 17.9 Å². The fourth-order valence-corrected chi connectivity index (χ4v) is 3.09. The van der Waals surface area contributed by atoms with E-state index in [9.17, 15) is 9.59 Å². The van der Waals surface area contributed by atoms with E-state index in [1.165, 1.54) is 5.56 Å². The van der Waals surface area contributed by atoms with E-state index in [4.69, 9.17) is 0 Å². The molecule has 1 aromatic heterocycles. The molecule has 1 aromatic carbocycles. The van der Waals surface area contributed by atoms with Gasteiger partial charge >= 0.3 is 0 Å². The van der Waals surface area contributed by atoms with Crippen molar-refractivity contribution in [3.05, 3.63) is 47.7 Å². The number of hydrogen-bond acceptors (Lipinski definition) is 3. The molecule has 25 heavy (non-hydrogen) atoms. The zero-order valence-corrected chi connectivity index (χ0v) is 14.6. The Morgan fingerprint density at radius 1 is 1.28 bits per heavy atom. The van der Waals surface area contributed by atoms with Crippen LogP contribution in [0.15, 0.2) is 36.4 Å². The highest BCUT2D eigenvalue weighted by Gasteiger charge is 2.25. The molecular formula is C19H24N4O2. The highest BCUT2D eigenvalue weighted by Crippen LogP contribution is 2.22. The summed E-state index contributed by atoms with van der Waals surface area (Å²) in [5.74, 6) is 0.986. The molecule has 1 aliphatic rings. The highest BCUT2D eigenvalue weighted by atomic mass is 16.2. The van der Waals surface area contributed by atoms with Gasteiger partial charge in [-0.2, -0.15) is 5.10 Å². The standard InChI is InChI=1S/C19H24N4O2/c1-15-14-18-22(19(25)10-13-23(18)21-15)12-5-8-17(24)20-11-9-16-6-3-2-4-7-16/h2-4,6-7,14H,5,8-13H2,1H3,(H,20,24). The van der Waals surface area contributed by atoms with Crippen LogP contribution in [0, 0.1) is 6.92 Å². The van der Waals surface area contributed by atoms with E-state index in [0.29, 0.717) is 38.9 Å². The number of aromatic nitrogens is 2. The number of carbonyl (C=O) groups excluding carboxylic acids is 2. The van der Waals surface area contributed by atoms with Gasteiger partial charge in [-0.25, -0.2) is 4.68 Å². The average Bonchev–Trinajstić information content (AvgIpc) is 2.98. The Kier molecular flexibility index (Phi) is 5.48. The normalized spacial score (nSPS) is 13.6. The number of hydrogen-bond donors (Lipinski definition) is 1. The minimum atomic E-state index is 0.0325. The van der Waals surface area contributed by atoms with Gasteiger partial charge in [0.1, 0.15) is 5.82 Å². The zero-order valence-electron chi connectivity index (χ0n) is 14.6. The first-order valence-corrected chi connectivity index (χ1v) is 8.79. The van der Waals surface area contributed by atoms with Crippen molar-refractivity contribution in [1.29, 1.82) is 0 Å². The molecule has 6 nitrogen and oxygen atoms in total. The second kappa shape index (κ2) is 7.96. The molecule has 0 spiro atoms. The summed E-state index contributed by atoms with van der Waals surface area (Å²) < 4.78 is 1.87. The van der Waals surface area contributed by atoms with Crippen LogP contribution in [0.4, 0.5) is 5.82 Å². The zero-order chi connectivity index (χ0) is 17.6. The van der Waals surface area contributed by atoms with Crippen molar-refractivity contribution in [1.82, 2.24) is 15.1 Å². The van der Waals surface area contributed by atoms with Crippen LogP contribution in [0.1, 0.15) is 30.5 Å². The van der Waals surface area contributed by atoms with E-state index >= 15 is 0 Å². The summed E-state index contributed by atoms with van der Waals surface area (Å²) in [6.45, 7) is 3.75. The maximum atomic E-state index is 12.2. The molecule has 0 aliphatic carbocycles. The Labute approximate surface area is 147 Å². The summed E-state index contributed by atoms with van der Waals surface area (Å²) in [6, 6.07) is 12.0. The number of fused-ring (bicyclic) bond motifs is 1. The third-order valence-electron chi connectivity index (χ3n) is 4.36. The molecule has 6 heteroatoms. The fraction of sp³-hybridized carbons (Fsp3) is 0.421. The summed E-state index contributed by atoms with van der Waals surface area (Å²) in [6.07, 6.45) is 2.37. The van der Waals surface area contributed by atoms with Gasteiger partial charge in [-0.3, -0.25) is 14.5 Å². The molecule has 0 fully saturated rings. The second-order valence-corrected chi connectivity index (χ2v) is 6.35. The van der Waals surface area contributed by atoms with Gasteiger partial charge in [0.25, 0.3) is 0 Å². The quantitative estimate of drug-likeness (QED) is 0.839. The number of nitrogens with one attached hydrogen (secondary N) is 1. The van der Waals surface area contributed by atoms with Gasteiger partial charge in [0.2, 0.25) is 11.8 Å². The van der Waals surface area contributed by atoms with Crippen molar-refractivity contribution < 1.29 is 9.59 Å². The van der Waals surface area contributed by atoms with Crippen LogP contribution < -0.4 is 10.2 Å². The molecule has 0 atom stereocenters. The maximum absolute atomic E-state index is 12.2. The Morgan fingerprint density at radius 3 is 2.88 bits per heavy atom. The summed E-state index contributed by atoms with van der Waals surface area (Å²) in [7, 11) is 0. The first-order valence-electron chi connectivity index (χ1n) is 8.79. The first-order chi connectivity index (χ1) is 12.1. The molecule has 2 amide bonds. The maximum Gasteiger partial charge on any atom is 0.229 e. The number of nitrogens with zero attached hydrogens (tertiary/aromatic N) is 3. The molecule has 0 saturated heterocycles. The SMILES string of the molecule is Cc1cc2n(n1)CCC(=O)N2CCCC(=O)NCCc1ccccc1. The lowest BCUT2D eigenvalue weighted by molar-refractivity contribution is -0.122. The van der Waals surface area contributed by atoms with Gasteiger partial charge in [0.05, 0.1) is 12.2 Å². The van der Waals surface area contributed by atoms with Gasteiger partial charge in [-0.05, 0) is 25.3 Å². The van der Waals surface area contributed by atoms with Gasteiger partial charge < -0.3 is 5.32 Å². The monoisotopic (exact) mass is 340 g/mol. The molecule has 1 aliphatic heterocycles. The number of rotatable bonds is 7. The molecular weight excluding hydrogens is 316 g/mol. The summed E-state index contributed by atoms with van der Waals surface area (Å²) in [5.41, 5.74) is 2.12. The number of benzene rings is 1. The van der Waals surface area contributed by atoms with Gasteiger partial charge in [-0.15, -0.1) is 0 Å². The van der Waals surface area contributed by atoms with Crippen molar-refractivity contribution in [3.63, 3.8) is 0 Å². The van der Waals surface area contributed by atoms with Crippen LogP contribution in [-0.2, 0) is 22.6 Å². The van der Waals surface area contributed by atoms with E-state index in [2.05, 4.69) is 22.5 Å². The minimum Gasteiger partial charge on any atom is -0.356 e. The third-order valence-corrected chi connectivity index (χ3v) is 4.36. The first kappa shape index (κ1) is 17.2. The highest BCUT2D eigenvalue weighted by molar-refractivity contribution is 5.93. The van der Waals surface area contributed by atoms with Gasteiger partial charge in [-0.1, -0.05) is 30.3 Å². The van der Waals surface area contributed by atoms with Crippen molar-refractivity contribution in [2.45, 2.75) is 39.2 Å². The molecule has 2 heterocycles. The number of aryl methyl sites for hydroxylation is 2. The summed E-state index contributed by atoms with van der Waals surface area (Å²) >= 11 is 0. The van der Waals surface area contributed by atoms with E-state index < -0.39 is 0 Å². The third kappa shape index (κ3) is 4.47. The molecule has 0 bridgehead atoms. The van der Waals surface area contributed by atoms with E-state index in [1.54, 1.807) is 4.90 Å². The van der Waals surface area contributed by atoms with Crippen LogP contribution >= 0.6 is 0 Å². The molecule has 0 unspecified atom stereocenters. The lowest BCUT2D eigenvalue weighted by atomic mass is 10.1. The molecule has 0 radical (unpaired) electrons. The molecule has 3 rings (SSSR count). The van der Waals surface area contributed by atoms with Gasteiger partial charge in [0, 0.05) is 32.0 Å². The van der Waals surface area contributed by atoms with Crippen LogP contribution in [0.3, 0.4) is 0 Å². The minimum absolute atomic E-state index is 0.0325. The van der Waals surface area contributed by atoms with Crippen molar-refractivity contribution in [2.75, 3.05) is 18.0 Å². The van der Waals surface area contributed by atoms with E-state index in [-0.39, 0.29) is 11.8 Å². The van der Waals surface area contributed by atoms with Gasteiger partial charge in [0.15, 0.2) is 0 Å². The summed E-state index contributed by atoms with van der Waals surface area (Å²) in [4.78, 5) is 25.9. The second-order valence-electron chi connectivity index (χ2n) is 6.35. The summed E-state index contributed by atoms with van der Waals surface area (Å²) in [5, 5.41) is 7.34. The molecule has 1 N–H and O–H groups in total. The Bertz CT molecular complexity index is 739. The Hall–Kier alpha value is -2.63. The predicted molar refractivity (Wildman–Crippen MR) is 96.3 cm³/mol. The fourth-order valence-electron chi connectivity index (χ4n) is 3.09. The van der Waals surface area contributed by atoms with Crippen LogP contribution in [0.2, 0.25) is 0 Å². The topological polar surface area (TPSA) is 67.2 Å². The van der Waals surface area contributed by atoms with Crippen LogP contribution in [0.5, 0.6) is 0 Å². The molecule has 132 valence electrons. The smallest absolute Gasteiger partial charge is 0.229 e. The van der Waals surface area contributed by atoms with Crippen molar-refractivity contribution in [2.24, 2.45) is 0 Å². The van der Waals surface area contributed by atoms with Crippen LogP contribution in [-0.4, -0.2) is 34.7 Å². The van der Waals surface area contributed by atoms with Crippen LogP contribution in [0.25, 0.3) is 0 Å². The average molecular weight is 340 g/mol. The van der Waals surface area contributed by atoms with Crippen molar-refractivity contribution in [3.8, 4) is 0 Å². The number of anilines is 1. The largest absolute Gasteiger partial charge is 0.356 e. The lowest BCUT2D eigenvalue weighted by Crippen LogP contribution is -2.38. The Morgan fingerprint density at radius 2 is 2.08 bits per heavy atom. The lowest BCUT2D eigenvalue weighted by Gasteiger charge is -2.27. The number of amides is 2. The predicted octanol–water partition coefficient (Wildman–Crippen LogP) is 2.07. The number of carbonyl (C=O) groups is 2. The Balaban J connectivity index is 1.42. The molecule has 2 aromatic rings. The molecule has 0 saturated carbocycles.